The Labute approximate surface area is 99.6 Å². The van der Waals surface area contributed by atoms with Gasteiger partial charge >= 0.3 is 0 Å². The molecule has 0 saturated heterocycles. The highest BCUT2D eigenvalue weighted by Gasteiger charge is 2.22. The fourth-order valence-electron chi connectivity index (χ4n) is 2.37. The lowest BCUT2D eigenvalue weighted by Crippen LogP contribution is -2.46. The Kier molecular flexibility index (Phi) is 6.32. The largest absolute Gasteiger partial charge is 0.394 e. The molecule has 1 atom stereocenters. The fourth-order valence-corrected chi connectivity index (χ4v) is 2.37. The molecule has 0 amide bonds. The van der Waals surface area contributed by atoms with Crippen LogP contribution in [0.25, 0.3) is 0 Å². The van der Waals surface area contributed by atoms with Gasteiger partial charge in [-0.05, 0) is 38.6 Å². The molecular weight excluding hydrogens is 202 g/mol. The van der Waals surface area contributed by atoms with Gasteiger partial charge in [-0.2, -0.15) is 0 Å². The van der Waals surface area contributed by atoms with Crippen molar-refractivity contribution in [1.82, 2.24) is 5.32 Å². The van der Waals surface area contributed by atoms with E-state index in [0.717, 1.165) is 32.1 Å². The Morgan fingerprint density at radius 1 is 1.38 bits per heavy atom. The molecule has 1 aliphatic rings. The maximum Gasteiger partial charge on any atom is 0.0611 e. The molecule has 1 rings (SSSR count). The lowest BCUT2D eigenvalue weighted by atomic mass is 10.00. The molecule has 0 heterocycles. The van der Waals surface area contributed by atoms with Crippen LogP contribution in [-0.2, 0) is 4.74 Å². The smallest absolute Gasteiger partial charge is 0.0611 e. The first-order valence-electron chi connectivity index (χ1n) is 6.64. The summed E-state index contributed by atoms with van der Waals surface area (Å²) >= 11 is 0. The van der Waals surface area contributed by atoms with Crippen molar-refractivity contribution in [3.63, 3.8) is 0 Å². The molecule has 0 aromatic carbocycles. The highest BCUT2D eigenvalue weighted by atomic mass is 16.5. The van der Waals surface area contributed by atoms with E-state index in [2.05, 4.69) is 19.2 Å². The number of aliphatic hydroxyl groups excluding tert-OH is 1. The summed E-state index contributed by atoms with van der Waals surface area (Å²) in [5.41, 5.74) is -0.176. The number of likely N-dealkylation sites (N-methyl/N-ethyl adjacent to an activating group) is 1. The van der Waals surface area contributed by atoms with Crippen LogP contribution in [0.2, 0.25) is 0 Å². The van der Waals surface area contributed by atoms with Crippen LogP contribution in [0.4, 0.5) is 0 Å². The predicted octanol–water partition coefficient (Wildman–Crippen LogP) is 1.94. The van der Waals surface area contributed by atoms with Crippen LogP contribution in [-0.4, -0.2) is 37.0 Å². The van der Waals surface area contributed by atoms with Gasteiger partial charge in [0.25, 0.3) is 0 Å². The molecule has 1 aliphatic carbocycles. The summed E-state index contributed by atoms with van der Waals surface area (Å²) in [6, 6.07) is 0. The summed E-state index contributed by atoms with van der Waals surface area (Å²) < 4.78 is 5.71. The minimum Gasteiger partial charge on any atom is -0.394 e. The molecule has 0 aromatic rings. The van der Waals surface area contributed by atoms with Gasteiger partial charge in [-0.1, -0.05) is 19.8 Å². The van der Waals surface area contributed by atoms with Crippen molar-refractivity contribution < 1.29 is 9.84 Å². The maximum absolute atomic E-state index is 9.31. The lowest BCUT2D eigenvalue weighted by molar-refractivity contribution is 0.0683. The van der Waals surface area contributed by atoms with Crippen LogP contribution in [0.15, 0.2) is 0 Å². The minimum absolute atomic E-state index is 0.174. The number of hydrogen-bond acceptors (Lipinski definition) is 3. The zero-order chi connectivity index (χ0) is 11.9. The van der Waals surface area contributed by atoms with Gasteiger partial charge in [0.05, 0.1) is 6.61 Å². The van der Waals surface area contributed by atoms with E-state index >= 15 is 0 Å². The van der Waals surface area contributed by atoms with Gasteiger partial charge in [0.1, 0.15) is 0 Å². The Balaban J connectivity index is 2.08. The number of nitrogens with one attached hydrogen (secondary N) is 1. The third kappa shape index (κ3) is 4.81. The number of hydrogen-bond donors (Lipinski definition) is 2. The quantitative estimate of drug-likeness (QED) is 0.625. The maximum atomic E-state index is 9.31. The second kappa shape index (κ2) is 7.25. The van der Waals surface area contributed by atoms with E-state index in [1.54, 1.807) is 0 Å². The van der Waals surface area contributed by atoms with Crippen molar-refractivity contribution in [2.24, 2.45) is 5.92 Å². The second-order valence-corrected chi connectivity index (χ2v) is 5.22. The highest BCUT2D eigenvalue weighted by Crippen LogP contribution is 2.24. The summed E-state index contributed by atoms with van der Waals surface area (Å²) in [7, 11) is 0. The summed E-state index contributed by atoms with van der Waals surface area (Å²) in [4.78, 5) is 0. The van der Waals surface area contributed by atoms with Crippen molar-refractivity contribution in [3.05, 3.63) is 0 Å². The highest BCUT2D eigenvalue weighted by molar-refractivity contribution is 4.81. The average molecular weight is 229 g/mol. The first-order valence-corrected chi connectivity index (χ1v) is 6.64. The van der Waals surface area contributed by atoms with E-state index in [1.807, 2.05) is 0 Å². The molecule has 0 radical (unpaired) electrons. The summed E-state index contributed by atoms with van der Waals surface area (Å²) in [5, 5.41) is 12.6. The Morgan fingerprint density at radius 3 is 2.62 bits per heavy atom. The monoisotopic (exact) mass is 229 g/mol. The zero-order valence-electron chi connectivity index (χ0n) is 10.8. The van der Waals surface area contributed by atoms with E-state index < -0.39 is 0 Å². The van der Waals surface area contributed by atoms with Crippen LogP contribution in [0, 0.1) is 5.92 Å². The van der Waals surface area contributed by atoms with Crippen molar-refractivity contribution >= 4 is 0 Å². The van der Waals surface area contributed by atoms with Crippen LogP contribution in [0.3, 0.4) is 0 Å². The summed E-state index contributed by atoms with van der Waals surface area (Å²) in [6.07, 6.45) is 6.30. The lowest BCUT2D eigenvalue weighted by Gasteiger charge is -2.28. The molecule has 2 N–H and O–H groups in total. The van der Waals surface area contributed by atoms with E-state index in [9.17, 15) is 5.11 Å². The van der Waals surface area contributed by atoms with Crippen LogP contribution in [0.1, 0.15) is 46.0 Å². The van der Waals surface area contributed by atoms with Crippen LogP contribution < -0.4 is 5.32 Å². The van der Waals surface area contributed by atoms with Crippen LogP contribution in [0.5, 0.6) is 0 Å². The van der Waals surface area contributed by atoms with Crippen molar-refractivity contribution in [2.45, 2.75) is 51.5 Å². The molecule has 1 fully saturated rings. The minimum atomic E-state index is -0.176. The molecule has 96 valence electrons. The third-order valence-corrected chi connectivity index (χ3v) is 3.58. The molecule has 16 heavy (non-hydrogen) atoms. The third-order valence-electron chi connectivity index (χ3n) is 3.58. The van der Waals surface area contributed by atoms with Gasteiger partial charge in [0.15, 0.2) is 0 Å². The van der Waals surface area contributed by atoms with Crippen molar-refractivity contribution in [3.8, 4) is 0 Å². The first kappa shape index (κ1) is 13.9. The summed E-state index contributed by atoms with van der Waals surface area (Å²) in [5.74, 6) is 0.791. The van der Waals surface area contributed by atoms with Gasteiger partial charge in [-0.15, -0.1) is 0 Å². The number of aliphatic hydroxyl groups is 1. The topological polar surface area (TPSA) is 41.5 Å². The van der Waals surface area contributed by atoms with Crippen LogP contribution >= 0.6 is 0 Å². The van der Waals surface area contributed by atoms with Gasteiger partial charge in [0.2, 0.25) is 0 Å². The molecule has 0 aromatic heterocycles. The molecule has 0 spiro atoms. The molecule has 3 heteroatoms. The average Bonchev–Trinajstić information content (AvgIpc) is 2.78. The second-order valence-electron chi connectivity index (χ2n) is 5.22. The summed E-state index contributed by atoms with van der Waals surface area (Å²) in [6.45, 7) is 6.84. The van der Waals surface area contributed by atoms with Gasteiger partial charge < -0.3 is 15.2 Å². The standard InChI is InChI=1S/C13H27NO2/c1-3-14-13(2,11-15)8-9-16-10-12-6-4-5-7-12/h12,14-15H,3-11H2,1-2H3. The molecule has 0 aliphatic heterocycles. The van der Waals surface area contributed by atoms with E-state index in [1.165, 1.54) is 25.7 Å². The molecule has 1 unspecified atom stereocenters. The Bertz CT molecular complexity index is 181. The first-order chi connectivity index (χ1) is 7.70. The van der Waals surface area contributed by atoms with Gasteiger partial charge in [-0.3, -0.25) is 0 Å². The van der Waals surface area contributed by atoms with E-state index in [0.29, 0.717) is 0 Å². The van der Waals surface area contributed by atoms with Crippen molar-refractivity contribution in [2.75, 3.05) is 26.4 Å². The normalized spacial score (nSPS) is 21.2. The SMILES string of the molecule is CCNC(C)(CO)CCOCC1CCCC1. The van der Waals surface area contributed by atoms with E-state index in [-0.39, 0.29) is 12.1 Å². The van der Waals surface area contributed by atoms with E-state index in [4.69, 9.17) is 4.74 Å². The Morgan fingerprint density at radius 2 is 2.06 bits per heavy atom. The molecule has 0 bridgehead atoms. The van der Waals surface area contributed by atoms with Crippen molar-refractivity contribution in [1.29, 1.82) is 0 Å². The van der Waals surface area contributed by atoms with Gasteiger partial charge in [0, 0.05) is 18.8 Å². The number of ether oxygens (including phenoxy) is 1. The molecule has 3 nitrogen and oxygen atoms in total. The molecular formula is C13H27NO2. The molecule has 1 saturated carbocycles. The fraction of sp³-hybridized carbons (Fsp3) is 1.00. The zero-order valence-corrected chi connectivity index (χ0v) is 10.8. The Hall–Kier alpha value is -0.120. The predicted molar refractivity (Wildman–Crippen MR) is 66.6 cm³/mol. The van der Waals surface area contributed by atoms with Gasteiger partial charge in [-0.25, -0.2) is 0 Å². The number of rotatable bonds is 8.